The number of pyridine rings is 1. The lowest BCUT2D eigenvalue weighted by Crippen LogP contribution is -2.50. The monoisotopic (exact) mass is 431 g/mol. The van der Waals surface area contributed by atoms with Crippen LogP contribution < -0.4 is 14.8 Å². The molecule has 1 saturated carbocycles. The van der Waals surface area contributed by atoms with E-state index in [1.807, 2.05) is 0 Å². The van der Waals surface area contributed by atoms with Crippen molar-refractivity contribution in [3.05, 3.63) is 23.5 Å². The number of nitrogens with zero attached hydrogens (tertiary/aromatic N) is 1. The van der Waals surface area contributed by atoms with Crippen LogP contribution in [0.5, 0.6) is 5.75 Å². The summed E-state index contributed by atoms with van der Waals surface area (Å²) >= 11 is 0. The molecule has 1 amide bonds. The first-order chi connectivity index (χ1) is 12.7. The molecule has 1 atom stereocenters. The van der Waals surface area contributed by atoms with Gasteiger partial charge in [0, 0.05) is 18.9 Å². The topological polar surface area (TPSA) is 97.4 Å². The maximum Gasteiger partial charge on any atom is 0.511 e. The molecular weight excluding hydrogens is 413 g/mol. The van der Waals surface area contributed by atoms with Crippen LogP contribution in [0.15, 0.2) is 12.3 Å². The quantitative estimate of drug-likeness (QED) is 0.645. The van der Waals surface area contributed by atoms with Gasteiger partial charge in [0.1, 0.15) is 12.4 Å². The summed E-state index contributed by atoms with van der Waals surface area (Å²) in [6.07, 6.45) is 0.283. The molecule has 0 spiro atoms. The molecule has 0 bridgehead atoms. The number of nitrogens with one attached hydrogen (secondary N) is 2. The molecule has 0 radical (unpaired) electrons. The van der Waals surface area contributed by atoms with Gasteiger partial charge in [-0.25, -0.2) is 21.9 Å². The van der Waals surface area contributed by atoms with Gasteiger partial charge >= 0.3 is 15.5 Å². The van der Waals surface area contributed by atoms with E-state index in [-0.39, 0.29) is 11.3 Å². The number of hydrogen-bond acceptors (Lipinski definition) is 5. The number of carbonyl (C=O) groups excluding carboxylic acids is 1. The van der Waals surface area contributed by atoms with E-state index >= 15 is 0 Å². The van der Waals surface area contributed by atoms with Gasteiger partial charge < -0.3 is 10.1 Å². The normalized spacial score (nSPS) is 18.2. The Morgan fingerprint density at radius 1 is 1.39 bits per heavy atom. The number of hydrogen-bond donors (Lipinski definition) is 2. The van der Waals surface area contributed by atoms with Gasteiger partial charge in [-0.15, -0.1) is 0 Å². The minimum atomic E-state index is -5.52. The molecule has 0 unspecified atom stereocenters. The van der Waals surface area contributed by atoms with Crippen LogP contribution in [0.4, 0.5) is 22.0 Å². The highest BCUT2D eigenvalue weighted by Gasteiger charge is 2.47. The molecule has 2 N–H and O–H groups in total. The van der Waals surface area contributed by atoms with Gasteiger partial charge in [0.05, 0.1) is 23.5 Å². The predicted octanol–water partition coefficient (Wildman–Crippen LogP) is 2.12. The number of alkyl halides is 5. The van der Waals surface area contributed by atoms with Gasteiger partial charge in [-0.2, -0.15) is 13.2 Å². The van der Waals surface area contributed by atoms with Crippen molar-refractivity contribution in [3.63, 3.8) is 0 Å². The average molecular weight is 431 g/mol. The van der Waals surface area contributed by atoms with Gasteiger partial charge in [-0.05, 0) is 19.9 Å². The fourth-order valence-corrected chi connectivity index (χ4v) is 3.17. The van der Waals surface area contributed by atoms with Gasteiger partial charge in [-0.3, -0.25) is 9.78 Å². The van der Waals surface area contributed by atoms with Crippen molar-refractivity contribution in [2.24, 2.45) is 0 Å². The maximum atomic E-state index is 12.8. The molecule has 1 heterocycles. The average Bonchev–Trinajstić information content (AvgIpc) is 2.50. The zero-order valence-corrected chi connectivity index (χ0v) is 15.6. The summed E-state index contributed by atoms with van der Waals surface area (Å²) in [7, 11) is -5.52. The summed E-state index contributed by atoms with van der Waals surface area (Å²) < 4.78 is 91.4. The summed E-state index contributed by atoms with van der Waals surface area (Å²) in [5, 5.41) is 2.44. The molecule has 1 fully saturated rings. The van der Waals surface area contributed by atoms with Gasteiger partial charge in [0.2, 0.25) is 0 Å². The molecule has 1 aliphatic carbocycles. The van der Waals surface area contributed by atoms with E-state index < -0.39 is 58.9 Å². The van der Waals surface area contributed by atoms with E-state index in [1.165, 1.54) is 23.9 Å². The Labute approximate surface area is 157 Å². The SMILES string of the molecule is Cc1ncc(OC[C@H](C)NS(=O)(=O)C(F)(F)F)cc1C(=O)NC1CC(F)(F)C1. The first-order valence-electron chi connectivity index (χ1n) is 8.07. The third-order valence-electron chi connectivity index (χ3n) is 3.89. The Kier molecular flexibility index (Phi) is 6.19. The Bertz CT molecular complexity index is 837. The highest BCUT2D eigenvalue weighted by molar-refractivity contribution is 7.90. The highest BCUT2D eigenvalue weighted by atomic mass is 32.2. The van der Waals surface area contributed by atoms with E-state index in [4.69, 9.17) is 4.74 Å². The standard InChI is InChI=1S/C15H18F5N3O4S/c1-8(23-28(25,26)15(18,19)20)7-27-11-3-12(9(2)21-6-11)13(24)22-10-4-14(16,17)5-10/h3,6,8,10,23H,4-5,7H2,1-2H3,(H,22,24)/t8-/m0/s1. The van der Waals surface area contributed by atoms with Crippen LogP contribution in [0.3, 0.4) is 0 Å². The lowest BCUT2D eigenvalue weighted by molar-refractivity contribution is -0.0901. The smallest absolute Gasteiger partial charge is 0.490 e. The third-order valence-corrected chi connectivity index (χ3v) is 5.21. The van der Waals surface area contributed by atoms with Crippen LogP contribution in [-0.2, 0) is 10.0 Å². The molecule has 13 heteroatoms. The summed E-state index contributed by atoms with van der Waals surface area (Å²) in [5.74, 6) is -3.43. The fourth-order valence-electron chi connectivity index (χ4n) is 2.44. The number of ether oxygens (including phenoxy) is 1. The van der Waals surface area contributed by atoms with Crippen molar-refractivity contribution in [1.29, 1.82) is 0 Å². The van der Waals surface area contributed by atoms with E-state index in [1.54, 1.807) is 0 Å². The Morgan fingerprint density at radius 2 is 2.00 bits per heavy atom. The minimum absolute atomic E-state index is 0.00717. The largest absolute Gasteiger partial charge is 0.511 e. The minimum Gasteiger partial charge on any atom is -0.490 e. The van der Waals surface area contributed by atoms with Crippen LogP contribution in [-0.4, -0.2) is 49.4 Å². The van der Waals surface area contributed by atoms with Gasteiger partial charge in [-0.1, -0.05) is 0 Å². The Morgan fingerprint density at radius 3 is 2.54 bits per heavy atom. The predicted molar refractivity (Wildman–Crippen MR) is 87.5 cm³/mol. The molecule has 1 aromatic heterocycles. The summed E-state index contributed by atoms with van der Waals surface area (Å²) in [6, 6.07) is -0.634. The molecule has 0 saturated heterocycles. The second-order valence-electron chi connectivity index (χ2n) is 6.52. The van der Waals surface area contributed by atoms with Crippen LogP contribution in [0, 0.1) is 6.92 Å². The number of carbonyl (C=O) groups is 1. The van der Waals surface area contributed by atoms with Crippen LogP contribution >= 0.6 is 0 Å². The van der Waals surface area contributed by atoms with E-state index in [0.717, 1.165) is 6.92 Å². The van der Waals surface area contributed by atoms with Crippen LogP contribution in [0.2, 0.25) is 0 Å². The maximum absolute atomic E-state index is 12.8. The van der Waals surface area contributed by atoms with Gasteiger partial charge in [0.25, 0.3) is 11.8 Å². The molecule has 0 aromatic carbocycles. The summed E-state index contributed by atoms with van der Waals surface area (Å²) in [5.41, 5.74) is -5.10. The first kappa shape index (κ1) is 22.3. The molecule has 0 aliphatic heterocycles. The Balaban J connectivity index is 1.96. The third kappa shape index (κ3) is 5.50. The van der Waals surface area contributed by atoms with Crippen LogP contribution in [0.1, 0.15) is 35.8 Å². The van der Waals surface area contributed by atoms with Crippen molar-refractivity contribution < 1.29 is 39.9 Å². The number of halogens is 5. The molecular formula is C15H18F5N3O4S. The molecule has 28 heavy (non-hydrogen) atoms. The molecule has 158 valence electrons. The zero-order valence-electron chi connectivity index (χ0n) is 14.8. The van der Waals surface area contributed by atoms with Crippen molar-refractivity contribution >= 4 is 15.9 Å². The summed E-state index contributed by atoms with van der Waals surface area (Å²) in [6.45, 7) is 2.21. The van der Waals surface area contributed by atoms with E-state index in [0.29, 0.717) is 5.69 Å². The van der Waals surface area contributed by atoms with E-state index in [9.17, 15) is 35.2 Å². The van der Waals surface area contributed by atoms with Crippen LogP contribution in [0.25, 0.3) is 0 Å². The Hall–Kier alpha value is -2.02. The lowest BCUT2D eigenvalue weighted by Gasteiger charge is -2.35. The van der Waals surface area contributed by atoms with E-state index in [2.05, 4.69) is 10.3 Å². The number of aryl methyl sites for hydroxylation is 1. The number of aromatic nitrogens is 1. The lowest BCUT2D eigenvalue weighted by atomic mass is 9.88. The van der Waals surface area contributed by atoms with Crippen molar-refractivity contribution in [2.75, 3.05) is 6.61 Å². The first-order valence-corrected chi connectivity index (χ1v) is 9.55. The van der Waals surface area contributed by atoms with Crippen molar-refractivity contribution in [3.8, 4) is 5.75 Å². The van der Waals surface area contributed by atoms with Crippen molar-refractivity contribution in [1.82, 2.24) is 15.0 Å². The van der Waals surface area contributed by atoms with Gasteiger partial charge in [0.15, 0.2) is 0 Å². The van der Waals surface area contributed by atoms with Crippen molar-refractivity contribution in [2.45, 2.75) is 50.2 Å². The molecule has 1 aliphatic rings. The highest BCUT2D eigenvalue weighted by Crippen LogP contribution is 2.37. The second kappa shape index (κ2) is 7.78. The number of amides is 1. The molecule has 7 nitrogen and oxygen atoms in total. The number of sulfonamides is 1. The summed E-state index contributed by atoms with van der Waals surface area (Å²) in [4.78, 5) is 16.1. The number of rotatable bonds is 7. The zero-order chi connectivity index (χ0) is 21.3. The second-order valence-corrected chi connectivity index (χ2v) is 8.22. The molecule has 2 rings (SSSR count). The molecule has 1 aromatic rings. The fraction of sp³-hybridized carbons (Fsp3) is 0.600.